The highest BCUT2D eigenvalue weighted by atomic mass is 32.2. The molecule has 0 atom stereocenters. The summed E-state index contributed by atoms with van der Waals surface area (Å²) in [6, 6.07) is 3.35. The van der Waals surface area contributed by atoms with Crippen molar-refractivity contribution in [3.8, 4) is 5.75 Å². The van der Waals surface area contributed by atoms with Crippen LogP contribution >= 0.6 is 11.8 Å². The molecule has 88 valence electrons. The van der Waals surface area contributed by atoms with Crippen molar-refractivity contribution < 1.29 is 14.6 Å². The molecule has 0 radical (unpaired) electrons. The van der Waals surface area contributed by atoms with Crippen molar-refractivity contribution in [2.24, 2.45) is 0 Å². The number of methoxy groups -OCH3 is 1. The van der Waals surface area contributed by atoms with Crippen LogP contribution in [-0.2, 0) is 0 Å². The number of hydrogen-bond acceptors (Lipinski definition) is 4. The summed E-state index contributed by atoms with van der Waals surface area (Å²) in [6.07, 6.45) is 0. The average Bonchev–Trinajstić information content (AvgIpc) is 2.28. The summed E-state index contributed by atoms with van der Waals surface area (Å²) < 4.78 is 5.05. The lowest BCUT2D eigenvalue weighted by molar-refractivity contribution is 0.0693. The van der Waals surface area contributed by atoms with E-state index in [0.717, 1.165) is 16.3 Å². The smallest absolute Gasteiger partial charge is 0.339 e. The third-order valence-electron chi connectivity index (χ3n) is 2.10. The summed E-state index contributed by atoms with van der Waals surface area (Å²) in [5, 5.41) is 12.1. The fourth-order valence-corrected chi connectivity index (χ4v) is 2.19. The molecule has 0 aliphatic carbocycles. The second-order valence-corrected chi connectivity index (χ2v) is 4.34. The zero-order valence-electron chi connectivity index (χ0n) is 9.53. The fourth-order valence-electron chi connectivity index (χ4n) is 1.37. The second kappa shape index (κ2) is 5.65. The summed E-state index contributed by atoms with van der Waals surface area (Å²) in [4.78, 5) is 11.9. The molecule has 0 fully saturated rings. The van der Waals surface area contributed by atoms with Crippen LogP contribution in [0.25, 0.3) is 0 Å². The van der Waals surface area contributed by atoms with Crippen LogP contribution in [0.5, 0.6) is 5.75 Å². The first-order valence-corrected chi connectivity index (χ1v) is 5.88. The summed E-state index contributed by atoms with van der Waals surface area (Å²) in [5.41, 5.74) is 1.08. The number of rotatable bonds is 5. The second-order valence-electron chi connectivity index (χ2n) is 3.04. The van der Waals surface area contributed by atoms with E-state index >= 15 is 0 Å². The van der Waals surface area contributed by atoms with Crippen LogP contribution in [0.1, 0.15) is 17.3 Å². The highest BCUT2D eigenvalue weighted by Crippen LogP contribution is 2.33. The quantitative estimate of drug-likeness (QED) is 0.776. The van der Waals surface area contributed by atoms with Gasteiger partial charge < -0.3 is 15.2 Å². The average molecular weight is 241 g/mol. The van der Waals surface area contributed by atoms with Gasteiger partial charge in [-0.25, -0.2) is 4.79 Å². The molecule has 0 aliphatic heterocycles. The molecule has 16 heavy (non-hydrogen) atoms. The van der Waals surface area contributed by atoms with E-state index in [0.29, 0.717) is 5.75 Å². The topological polar surface area (TPSA) is 58.6 Å². The summed E-state index contributed by atoms with van der Waals surface area (Å²) >= 11 is 1.60. The van der Waals surface area contributed by atoms with Crippen molar-refractivity contribution in [1.82, 2.24) is 0 Å². The molecule has 0 saturated carbocycles. The standard InChI is InChI=1S/C11H15NO3S/c1-4-16-10-5-7(11(13)14)9(15-3)6-8(10)12-2/h5-6,12H,4H2,1-3H3,(H,13,14). The zero-order valence-corrected chi connectivity index (χ0v) is 10.4. The molecule has 0 aliphatic rings. The number of thioether (sulfide) groups is 1. The highest BCUT2D eigenvalue weighted by Gasteiger charge is 2.15. The number of benzene rings is 1. The summed E-state index contributed by atoms with van der Waals surface area (Å²) in [7, 11) is 3.27. The minimum atomic E-state index is -0.975. The van der Waals surface area contributed by atoms with E-state index in [-0.39, 0.29) is 5.56 Å². The first-order chi connectivity index (χ1) is 7.63. The van der Waals surface area contributed by atoms with Gasteiger partial charge in [-0.15, -0.1) is 11.8 Å². The maximum atomic E-state index is 11.0. The Morgan fingerprint density at radius 2 is 2.25 bits per heavy atom. The fraction of sp³-hybridized carbons (Fsp3) is 0.364. The SMILES string of the molecule is CCSc1cc(C(=O)O)c(OC)cc1NC. The van der Waals surface area contributed by atoms with Gasteiger partial charge in [-0.1, -0.05) is 6.92 Å². The lowest BCUT2D eigenvalue weighted by Gasteiger charge is -2.12. The van der Waals surface area contributed by atoms with Gasteiger partial charge in [0.15, 0.2) is 0 Å². The van der Waals surface area contributed by atoms with E-state index in [9.17, 15) is 4.79 Å². The van der Waals surface area contributed by atoms with Crippen LogP contribution in [0.3, 0.4) is 0 Å². The highest BCUT2D eigenvalue weighted by molar-refractivity contribution is 7.99. The Morgan fingerprint density at radius 1 is 1.56 bits per heavy atom. The summed E-state index contributed by atoms with van der Waals surface area (Å²) in [5.74, 6) is 0.287. The number of ether oxygens (including phenoxy) is 1. The number of nitrogens with one attached hydrogen (secondary N) is 1. The zero-order chi connectivity index (χ0) is 12.1. The van der Waals surface area contributed by atoms with Gasteiger partial charge in [-0.3, -0.25) is 0 Å². The Bertz CT molecular complexity index is 393. The first kappa shape index (κ1) is 12.7. The third-order valence-corrected chi connectivity index (χ3v) is 3.04. The predicted molar refractivity (Wildman–Crippen MR) is 65.9 cm³/mol. The van der Waals surface area contributed by atoms with Gasteiger partial charge in [-0.05, 0) is 11.8 Å². The van der Waals surface area contributed by atoms with Crippen molar-refractivity contribution in [2.75, 3.05) is 25.2 Å². The minimum absolute atomic E-state index is 0.192. The number of carboxylic acids is 1. The molecule has 1 aromatic carbocycles. The maximum absolute atomic E-state index is 11.0. The molecule has 4 nitrogen and oxygen atoms in total. The Balaban J connectivity index is 3.28. The van der Waals surface area contributed by atoms with Gasteiger partial charge in [0.25, 0.3) is 0 Å². The molecule has 0 spiro atoms. The van der Waals surface area contributed by atoms with Crippen LogP contribution in [0.2, 0.25) is 0 Å². The molecule has 0 unspecified atom stereocenters. The Morgan fingerprint density at radius 3 is 2.69 bits per heavy atom. The lowest BCUT2D eigenvalue weighted by atomic mass is 10.2. The normalized spacial score (nSPS) is 9.94. The monoisotopic (exact) mass is 241 g/mol. The van der Waals surface area contributed by atoms with E-state index in [2.05, 4.69) is 5.32 Å². The third kappa shape index (κ3) is 2.61. The minimum Gasteiger partial charge on any atom is -0.496 e. The van der Waals surface area contributed by atoms with Crippen LogP contribution in [0.4, 0.5) is 5.69 Å². The summed E-state index contributed by atoms with van der Waals surface area (Å²) in [6.45, 7) is 2.02. The van der Waals surface area contributed by atoms with E-state index in [1.54, 1.807) is 30.9 Å². The first-order valence-electron chi connectivity index (χ1n) is 4.89. The van der Waals surface area contributed by atoms with E-state index in [1.165, 1.54) is 7.11 Å². The van der Waals surface area contributed by atoms with Gasteiger partial charge in [-0.2, -0.15) is 0 Å². The Kier molecular flexibility index (Phi) is 4.49. The maximum Gasteiger partial charge on any atom is 0.339 e. The Labute approximate surface area is 99.0 Å². The molecule has 1 aromatic rings. The van der Waals surface area contributed by atoms with Gasteiger partial charge in [0.05, 0.1) is 12.8 Å². The lowest BCUT2D eigenvalue weighted by Crippen LogP contribution is -2.03. The van der Waals surface area contributed by atoms with Gasteiger partial charge in [0.1, 0.15) is 11.3 Å². The number of carbonyl (C=O) groups is 1. The number of hydrogen-bond donors (Lipinski definition) is 2. The molecular formula is C11H15NO3S. The van der Waals surface area contributed by atoms with Crippen LogP contribution in [-0.4, -0.2) is 31.0 Å². The van der Waals surface area contributed by atoms with Crippen molar-refractivity contribution in [2.45, 2.75) is 11.8 Å². The van der Waals surface area contributed by atoms with Crippen molar-refractivity contribution in [1.29, 1.82) is 0 Å². The van der Waals surface area contributed by atoms with Gasteiger partial charge in [0.2, 0.25) is 0 Å². The number of carboxylic acid groups (broad SMARTS) is 1. The van der Waals surface area contributed by atoms with Crippen molar-refractivity contribution >= 4 is 23.4 Å². The molecule has 0 amide bonds. The molecule has 0 saturated heterocycles. The van der Waals surface area contributed by atoms with Crippen LogP contribution in [0, 0.1) is 0 Å². The molecular weight excluding hydrogens is 226 g/mol. The molecule has 5 heteroatoms. The van der Waals surface area contributed by atoms with Gasteiger partial charge >= 0.3 is 5.97 Å². The molecule has 0 aromatic heterocycles. The van der Waals surface area contributed by atoms with E-state index < -0.39 is 5.97 Å². The molecule has 0 heterocycles. The van der Waals surface area contributed by atoms with Crippen LogP contribution in [0.15, 0.2) is 17.0 Å². The van der Waals surface area contributed by atoms with E-state index in [1.807, 2.05) is 6.92 Å². The van der Waals surface area contributed by atoms with E-state index in [4.69, 9.17) is 9.84 Å². The number of anilines is 1. The molecule has 1 rings (SSSR count). The predicted octanol–water partition coefficient (Wildman–Crippen LogP) is 2.55. The van der Waals surface area contributed by atoms with Crippen molar-refractivity contribution in [3.05, 3.63) is 17.7 Å². The molecule has 2 N–H and O–H groups in total. The van der Waals surface area contributed by atoms with Crippen LogP contribution < -0.4 is 10.1 Å². The van der Waals surface area contributed by atoms with Gasteiger partial charge in [0, 0.05) is 18.0 Å². The van der Waals surface area contributed by atoms with Crippen molar-refractivity contribution in [3.63, 3.8) is 0 Å². The Hall–Kier alpha value is -1.36. The molecule has 0 bridgehead atoms. The number of aromatic carboxylic acids is 1. The largest absolute Gasteiger partial charge is 0.496 e.